The summed E-state index contributed by atoms with van der Waals surface area (Å²) in [5, 5.41) is 0.0815. The van der Waals surface area contributed by atoms with Gasteiger partial charge < -0.3 is 18.9 Å². The van der Waals surface area contributed by atoms with Gasteiger partial charge in [-0.15, -0.1) is 0 Å². The summed E-state index contributed by atoms with van der Waals surface area (Å²) < 4.78 is 20.6. The average Bonchev–Trinajstić information content (AvgIpc) is 3.45. The minimum Gasteiger partial charge on any atom is -0.462 e. The summed E-state index contributed by atoms with van der Waals surface area (Å²) in [7, 11) is 0. The summed E-state index contributed by atoms with van der Waals surface area (Å²) in [4.78, 5) is 36.0. The van der Waals surface area contributed by atoms with E-state index in [0.717, 1.165) is 47.3 Å². The molecular weight excluding hydrogens is 711 g/mol. The smallest absolute Gasteiger partial charge is 0.462 e. The third kappa shape index (κ3) is 14.3. The minimum atomic E-state index is -0.864. The largest absolute Gasteiger partial charge is 0.513 e. The van der Waals surface area contributed by atoms with E-state index in [1.54, 1.807) is 6.92 Å². The molecule has 0 N–H and O–H groups in total. The zero-order chi connectivity index (χ0) is 38.8. The van der Waals surface area contributed by atoms with Crippen molar-refractivity contribution in [1.82, 2.24) is 0 Å². The predicted octanol–water partition coefficient (Wildman–Crippen LogP) is 13.1. The van der Waals surface area contributed by atoms with Crippen LogP contribution in [0, 0.1) is 27.7 Å². The number of ether oxygens (including phenoxy) is 4. The van der Waals surface area contributed by atoms with E-state index in [9.17, 15) is 14.4 Å². The van der Waals surface area contributed by atoms with Crippen LogP contribution in [0.15, 0.2) is 42.5 Å². The lowest BCUT2D eigenvalue weighted by atomic mass is 9.89. The van der Waals surface area contributed by atoms with Crippen molar-refractivity contribution < 1.29 is 33.3 Å². The lowest BCUT2D eigenvalue weighted by molar-refractivity contribution is -0.133. The summed E-state index contributed by atoms with van der Waals surface area (Å²) in [6, 6.07) is 13.0. The van der Waals surface area contributed by atoms with Crippen LogP contribution in [0.5, 0.6) is 11.5 Å². The number of carbonyl (C=O) groups excluding carboxylic acids is 3. The molecule has 0 spiro atoms. The van der Waals surface area contributed by atoms with E-state index < -0.39 is 12.1 Å². The lowest BCUT2D eigenvalue weighted by Gasteiger charge is -2.11. The van der Waals surface area contributed by atoms with Gasteiger partial charge >= 0.3 is 18.1 Å². The Morgan fingerprint density at radius 3 is 1.79 bits per heavy atom. The Bertz CT molecular complexity index is 1630. The van der Waals surface area contributed by atoms with E-state index in [1.165, 1.54) is 93.9 Å². The second-order valence-corrected chi connectivity index (χ2v) is 14.8. The number of aryl methyl sites for hydroxylation is 4. The molecule has 0 saturated heterocycles. The van der Waals surface area contributed by atoms with Crippen molar-refractivity contribution in [2.75, 3.05) is 13.2 Å². The molecule has 0 amide bonds. The molecule has 0 aliphatic carbocycles. The Morgan fingerprint density at radius 2 is 1.25 bits per heavy atom. The monoisotopic (exact) mass is 768 g/mol. The number of unbranched alkanes of at least 4 members (excludes halogenated alkanes) is 13. The van der Waals surface area contributed by atoms with Crippen LogP contribution in [0.3, 0.4) is 0 Å². The number of fused-ring (bicyclic) bond motifs is 1. The van der Waals surface area contributed by atoms with Crippen molar-refractivity contribution in [2.24, 2.45) is 0 Å². The second-order valence-electron chi connectivity index (χ2n) is 14.0. The third-order valence-corrected chi connectivity index (χ3v) is 10.0. The van der Waals surface area contributed by atoms with E-state index in [4.69, 9.17) is 42.1 Å². The summed E-state index contributed by atoms with van der Waals surface area (Å²) in [5.74, 6) is -0.297. The molecule has 0 fully saturated rings. The van der Waals surface area contributed by atoms with E-state index in [0.29, 0.717) is 0 Å². The van der Waals surface area contributed by atoms with Crippen LogP contribution in [0.1, 0.15) is 153 Å². The van der Waals surface area contributed by atoms with Crippen LogP contribution in [0.4, 0.5) is 4.79 Å². The van der Waals surface area contributed by atoms with Gasteiger partial charge in [-0.25, -0.2) is 9.59 Å². The molecule has 1 heterocycles. The maximum Gasteiger partial charge on any atom is 0.513 e. The van der Waals surface area contributed by atoms with E-state index in [1.807, 2.05) is 19.9 Å². The fraction of sp³-hybridized carbons (Fsp3) is 0.523. The summed E-state index contributed by atoms with van der Waals surface area (Å²) in [5.41, 5.74) is 6.83. The Labute approximate surface area is 327 Å². The predicted molar refractivity (Wildman–Crippen MR) is 214 cm³/mol. The molecule has 1 aliphatic heterocycles. The van der Waals surface area contributed by atoms with Gasteiger partial charge in [-0.2, -0.15) is 0 Å². The third-order valence-electron chi connectivity index (χ3n) is 9.47. The molecule has 3 aromatic rings. The fourth-order valence-corrected chi connectivity index (χ4v) is 7.01. The molecule has 0 radical (unpaired) electrons. The number of halogens is 2. The van der Waals surface area contributed by atoms with Crippen LogP contribution < -0.4 is 9.47 Å². The molecule has 53 heavy (non-hydrogen) atoms. The molecule has 0 aromatic heterocycles. The maximum atomic E-state index is 12.3. The highest BCUT2D eigenvalue weighted by molar-refractivity contribution is 6.37. The van der Waals surface area contributed by atoms with Crippen molar-refractivity contribution in [2.45, 2.75) is 137 Å². The number of hydrogen-bond donors (Lipinski definition) is 0. The highest BCUT2D eigenvalue weighted by Gasteiger charge is 2.35. The van der Waals surface area contributed by atoms with Gasteiger partial charge in [-0.3, -0.25) is 4.79 Å². The molecule has 4 rings (SSSR count). The van der Waals surface area contributed by atoms with Gasteiger partial charge in [0.1, 0.15) is 11.7 Å². The molecule has 290 valence electrons. The molecule has 0 bridgehead atoms. The Hall–Kier alpha value is -3.55. The van der Waals surface area contributed by atoms with Gasteiger partial charge in [0.2, 0.25) is 0 Å². The van der Waals surface area contributed by atoms with Crippen LogP contribution in [0.2, 0.25) is 10.0 Å². The van der Waals surface area contributed by atoms with Crippen molar-refractivity contribution in [1.29, 1.82) is 0 Å². The van der Waals surface area contributed by atoms with E-state index in [2.05, 4.69) is 45.0 Å². The Morgan fingerprint density at radius 1 is 0.679 bits per heavy atom. The van der Waals surface area contributed by atoms with Gasteiger partial charge in [0, 0.05) is 5.56 Å². The molecule has 9 heteroatoms. The number of carbonyl (C=O) groups is 3. The van der Waals surface area contributed by atoms with E-state index in [-0.39, 0.29) is 46.5 Å². The van der Waals surface area contributed by atoms with Gasteiger partial charge in [0.15, 0.2) is 5.75 Å². The molecular formula is C44H58Cl2O7. The highest BCUT2D eigenvalue weighted by atomic mass is 35.5. The van der Waals surface area contributed by atoms with E-state index >= 15 is 0 Å². The zero-order valence-electron chi connectivity index (χ0n) is 32.5. The second kappa shape index (κ2) is 23.3. The molecule has 3 aromatic carbocycles. The first kappa shape index (κ1) is 43.9. The van der Waals surface area contributed by atoms with Gasteiger partial charge in [0.05, 0.1) is 28.8 Å². The maximum absolute atomic E-state index is 12.3. The first-order valence-electron chi connectivity index (χ1n) is 19.4. The molecule has 0 saturated carbocycles. The van der Waals surface area contributed by atoms with Crippen LogP contribution in [0.25, 0.3) is 0 Å². The quantitative estimate of drug-likeness (QED) is 0.0519. The fourth-order valence-electron chi connectivity index (χ4n) is 6.44. The Balaban J connectivity index is 0.000000319. The van der Waals surface area contributed by atoms with Crippen LogP contribution in [-0.2, 0) is 14.3 Å². The van der Waals surface area contributed by atoms with Crippen molar-refractivity contribution in [3.8, 4) is 11.5 Å². The SMILES string of the molecule is CCCCCCCCCCCCCCCCOC(=O)Oc1c(Cl)cc(C(=O)OCC)cc1Cl.Cc1cc(C)c2c(c1)C(c1ccc(C)c(C)c1)C(=O)O2. The number of rotatable bonds is 19. The average molecular weight is 770 g/mol. The van der Waals surface area contributed by atoms with Crippen molar-refractivity contribution >= 4 is 41.3 Å². The van der Waals surface area contributed by atoms with Gasteiger partial charge in [-0.05, 0) is 75.4 Å². The highest BCUT2D eigenvalue weighted by Crippen LogP contribution is 2.42. The zero-order valence-corrected chi connectivity index (χ0v) is 34.1. The standard InChI is InChI=1S/C26H40Cl2O5.C18H18O2/c1-3-5-6-7-8-9-10-11-12-13-14-15-16-17-18-32-26(30)33-24-22(27)19-21(20-23(24)28)25(29)31-4-2;1-10-7-13(4)17-15(8-10)16(18(19)20-17)14-6-5-11(2)12(3)9-14/h19-20H,3-18H2,1-2H3;5-9,16H,1-4H3. The van der Waals surface area contributed by atoms with Crippen molar-refractivity contribution in [3.63, 3.8) is 0 Å². The molecule has 1 aliphatic rings. The van der Waals surface area contributed by atoms with Gasteiger partial charge in [0.25, 0.3) is 0 Å². The summed E-state index contributed by atoms with van der Waals surface area (Å²) in [6.45, 7) is 12.7. The normalized spacial score (nSPS) is 13.1. The first-order chi connectivity index (χ1) is 25.5. The molecule has 7 nitrogen and oxygen atoms in total. The van der Waals surface area contributed by atoms with Crippen molar-refractivity contribution in [3.05, 3.63) is 91.5 Å². The number of esters is 2. The molecule has 1 unspecified atom stereocenters. The summed E-state index contributed by atoms with van der Waals surface area (Å²) in [6.07, 6.45) is 16.8. The Kier molecular flexibility index (Phi) is 19.3. The minimum absolute atomic E-state index is 0.0302. The molecule has 1 atom stereocenters. The van der Waals surface area contributed by atoms with Gasteiger partial charge in [-0.1, -0.05) is 149 Å². The van der Waals surface area contributed by atoms with Crippen LogP contribution in [-0.4, -0.2) is 31.3 Å². The van der Waals surface area contributed by atoms with Crippen LogP contribution >= 0.6 is 23.2 Å². The number of benzene rings is 3. The number of hydrogen-bond acceptors (Lipinski definition) is 7. The lowest BCUT2D eigenvalue weighted by Crippen LogP contribution is -2.12. The first-order valence-corrected chi connectivity index (χ1v) is 20.1. The summed E-state index contributed by atoms with van der Waals surface area (Å²) >= 11 is 12.2. The topological polar surface area (TPSA) is 88.1 Å².